The molecule has 0 aliphatic carbocycles. The molecule has 0 fully saturated rings. The van der Waals surface area contributed by atoms with Crippen molar-refractivity contribution in [2.75, 3.05) is 5.73 Å². The number of halogens is 4. The van der Waals surface area contributed by atoms with Crippen molar-refractivity contribution in [3.8, 4) is 5.69 Å². The molecule has 0 atom stereocenters. The Morgan fingerprint density at radius 3 is 2.70 bits per heavy atom. The third-order valence-corrected chi connectivity index (χ3v) is 4.37. The van der Waals surface area contributed by atoms with Crippen molar-refractivity contribution in [3.63, 3.8) is 0 Å². The Morgan fingerprint density at radius 1 is 1.20 bits per heavy atom. The summed E-state index contributed by atoms with van der Waals surface area (Å²) in [6.07, 6.45) is 0. The van der Waals surface area contributed by atoms with Crippen molar-refractivity contribution in [2.45, 2.75) is 0 Å². The second-order valence-corrected chi connectivity index (χ2v) is 6.17. The first-order valence-electron chi connectivity index (χ1n) is 5.56. The summed E-state index contributed by atoms with van der Waals surface area (Å²) in [4.78, 5) is 4.19. The molecule has 0 bridgehead atoms. The maximum absolute atomic E-state index is 13.8. The topological polar surface area (TPSA) is 43.8 Å². The zero-order chi connectivity index (χ0) is 14.4. The highest BCUT2D eigenvalue weighted by molar-refractivity contribution is 14.1. The molecule has 3 aromatic rings. The van der Waals surface area contributed by atoms with Gasteiger partial charge >= 0.3 is 0 Å². The molecule has 2 N–H and O–H groups in total. The van der Waals surface area contributed by atoms with Gasteiger partial charge in [-0.05, 0) is 62.8 Å². The van der Waals surface area contributed by atoms with E-state index in [0.717, 1.165) is 0 Å². The van der Waals surface area contributed by atoms with Crippen LogP contribution in [0.3, 0.4) is 0 Å². The van der Waals surface area contributed by atoms with Gasteiger partial charge in [0.2, 0.25) is 5.95 Å². The number of benzene rings is 2. The van der Waals surface area contributed by atoms with Crippen molar-refractivity contribution < 1.29 is 8.78 Å². The van der Waals surface area contributed by atoms with Gasteiger partial charge in [0.25, 0.3) is 0 Å². The molecule has 3 rings (SSSR count). The van der Waals surface area contributed by atoms with E-state index < -0.39 is 5.82 Å². The second kappa shape index (κ2) is 4.96. The molecule has 0 saturated carbocycles. The molecule has 3 nitrogen and oxygen atoms in total. The van der Waals surface area contributed by atoms with Gasteiger partial charge in [-0.3, -0.25) is 4.57 Å². The van der Waals surface area contributed by atoms with Crippen LogP contribution in [0.15, 0.2) is 34.8 Å². The van der Waals surface area contributed by atoms with E-state index in [1.165, 1.54) is 22.8 Å². The summed E-state index contributed by atoms with van der Waals surface area (Å²) in [6, 6.07) is 7.16. The molecule has 1 aromatic heterocycles. The van der Waals surface area contributed by atoms with Gasteiger partial charge in [0.05, 0.1) is 20.3 Å². The minimum atomic E-state index is -0.407. The number of nitrogens with two attached hydrogens (primary N) is 1. The number of nitrogen functional groups attached to an aromatic ring is 1. The Bertz CT molecular complexity index is 832. The molecule has 102 valence electrons. The Labute approximate surface area is 135 Å². The number of nitrogens with zero attached hydrogens (tertiary/aromatic N) is 2. The summed E-state index contributed by atoms with van der Waals surface area (Å²) in [7, 11) is 0. The minimum Gasteiger partial charge on any atom is -0.369 e. The van der Waals surface area contributed by atoms with Gasteiger partial charge in [-0.1, -0.05) is 0 Å². The summed E-state index contributed by atoms with van der Waals surface area (Å²) >= 11 is 5.22. The number of anilines is 1. The maximum atomic E-state index is 13.8. The van der Waals surface area contributed by atoms with Gasteiger partial charge in [-0.2, -0.15) is 0 Å². The number of rotatable bonds is 1. The minimum absolute atomic E-state index is 0.174. The molecule has 0 spiro atoms. The van der Waals surface area contributed by atoms with E-state index in [0.29, 0.717) is 24.8 Å². The molecule has 0 aliphatic heterocycles. The van der Waals surface area contributed by atoms with Crippen LogP contribution >= 0.6 is 38.5 Å². The van der Waals surface area contributed by atoms with E-state index in [9.17, 15) is 8.78 Å². The van der Waals surface area contributed by atoms with Gasteiger partial charge in [0.1, 0.15) is 11.6 Å². The van der Waals surface area contributed by atoms with Crippen molar-refractivity contribution in [2.24, 2.45) is 0 Å². The fourth-order valence-electron chi connectivity index (χ4n) is 2.00. The van der Waals surface area contributed by atoms with E-state index in [2.05, 4.69) is 20.9 Å². The monoisotopic (exact) mass is 449 g/mol. The standard InChI is InChI=1S/C13H7BrF2IN3/c14-7-2-1-6(15)3-11(7)20-12-4-8(16)9(17)5-10(12)19-13(20)18/h1-5H,(H2,18,19). The Morgan fingerprint density at radius 2 is 1.95 bits per heavy atom. The van der Waals surface area contributed by atoms with Crippen molar-refractivity contribution in [1.82, 2.24) is 9.55 Å². The summed E-state index contributed by atoms with van der Waals surface area (Å²) in [5.41, 5.74) is 7.42. The molecule has 0 unspecified atom stereocenters. The average Bonchev–Trinajstić information content (AvgIpc) is 2.69. The Hall–Kier alpha value is -1.22. The molecule has 0 amide bonds. The third kappa shape index (κ3) is 2.18. The van der Waals surface area contributed by atoms with Crippen LogP contribution < -0.4 is 5.73 Å². The summed E-state index contributed by atoms with van der Waals surface area (Å²) < 4.78 is 29.8. The normalized spacial score (nSPS) is 11.2. The average molecular weight is 450 g/mol. The third-order valence-electron chi connectivity index (χ3n) is 2.87. The quantitative estimate of drug-likeness (QED) is 0.564. The van der Waals surface area contributed by atoms with Gasteiger partial charge in [-0.25, -0.2) is 13.8 Å². The SMILES string of the molecule is Nc1nc2cc(I)c(F)cc2n1-c1cc(F)ccc1Br. The molecule has 7 heteroatoms. The summed E-state index contributed by atoms with van der Waals surface area (Å²) in [6.45, 7) is 0. The van der Waals surface area contributed by atoms with E-state index >= 15 is 0 Å². The predicted molar refractivity (Wildman–Crippen MR) is 85.8 cm³/mol. The second-order valence-electron chi connectivity index (χ2n) is 4.16. The molecule has 0 radical (unpaired) electrons. The number of aromatic nitrogens is 2. The van der Waals surface area contributed by atoms with E-state index in [1.807, 2.05) is 22.6 Å². The van der Waals surface area contributed by atoms with Crippen LogP contribution in [0.2, 0.25) is 0 Å². The fourth-order valence-corrected chi connectivity index (χ4v) is 2.88. The molecular formula is C13H7BrF2IN3. The largest absolute Gasteiger partial charge is 0.369 e. The van der Waals surface area contributed by atoms with E-state index in [-0.39, 0.29) is 11.8 Å². The van der Waals surface area contributed by atoms with Crippen LogP contribution in [0, 0.1) is 15.2 Å². The number of imidazole rings is 1. The lowest BCUT2D eigenvalue weighted by molar-refractivity contribution is 0.621. The highest BCUT2D eigenvalue weighted by Gasteiger charge is 2.15. The highest BCUT2D eigenvalue weighted by atomic mass is 127. The first-order chi connectivity index (χ1) is 9.47. The van der Waals surface area contributed by atoms with Crippen LogP contribution in [0.1, 0.15) is 0 Å². The van der Waals surface area contributed by atoms with Crippen LogP contribution in [-0.2, 0) is 0 Å². The predicted octanol–water partition coefficient (Wildman–Crippen LogP) is 4.25. The maximum Gasteiger partial charge on any atom is 0.205 e. The van der Waals surface area contributed by atoms with Crippen molar-refractivity contribution in [1.29, 1.82) is 0 Å². The Balaban J connectivity index is 2.38. The smallest absolute Gasteiger partial charge is 0.205 e. The summed E-state index contributed by atoms with van der Waals surface area (Å²) in [5, 5.41) is 0. The lowest BCUT2D eigenvalue weighted by Gasteiger charge is -2.09. The van der Waals surface area contributed by atoms with Crippen molar-refractivity contribution in [3.05, 3.63) is 50.0 Å². The van der Waals surface area contributed by atoms with Crippen LogP contribution in [0.25, 0.3) is 16.7 Å². The fraction of sp³-hybridized carbons (Fsp3) is 0. The van der Waals surface area contributed by atoms with Crippen molar-refractivity contribution >= 4 is 55.5 Å². The zero-order valence-corrected chi connectivity index (χ0v) is 13.6. The van der Waals surface area contributed by atoms with Crippen LogP contribution in [0.5, 0.6) is 0 Å². The zero-order valence-electron chi connectivity index (χ0n) is 9.87. The first kappa shape index (κ1) is 13.7. The van der Waals surface area contributed by atoms with E-state index in [1.54, 1.807) is 12.1 Å². The number of fused-ring (bicyclic) bond motifs is 1. The van der Waals surface area contributed by atoms with Gasteiger partial charge in [0.15, 0.2) is 0 Å². The number of hydrogen-bond donors (Lipinski definition) is 1. The Kier molecular flexibility index (Phi) is 3.41. The molecule has 0 aliphatic rings. The van der Waals surface area contributed by atoms with Crippen LogP contribution in [0.4, 0.5) is 14.7 Å². The molecular weight excluding hydrogens is 443 g/mol. The summed E-state index contributed by atoms with van der Waals surface area (Å²) in [5.74, 6) is -0.602. The van der Waals surface area contributed by atoms with E-state index in [4.69, 9.17) is 5.73 Å². The highest BCUT2D eigenvalue weighted by Crippen LogP contribution is 2.30. The molecule has 20 heavy (non-hydrogen) atoms. The van der Waals surface area contributed by atoms with Gasteiger partial charge in [-0.15, -0.1) is 0 Å². The lowest BCUT2D eigenvalue weighted by atomic mass is 10.2. The molecule has 2 aromatic carbocycles. The van der Waals surface area contributed by atoms with Gasteiger partial charge in [0, 0.05) is 10.5 Å². The number of hydrogen-bond acceptors (Lipinski definition) is 2. The lowest BCUT2D eigenvalue weighted by Crippen LogP contribution is -2.02. The van der Waals surface area contributed by atoms with Crippen LogP contribution in [-0.4, -0.2) is 9.55 Å². The molecule has 0 saturated heterocycles. The van der Waals surface area contributed by atoms with Gasteiger partial charge < -0.3 is 5.73 Å². The first-order valence-corrected chi connectivity index (χ1v) is 7.43. The molecule has 1 heterocycles.